The van der Waals surface area contributed by atoms with Crippen molar-refractivity contribution in [1.29, 1.82) is 0 Å². The molecule has 0 fully saturated rings. The highest BCUT2D eigenvalue weighted by Crippen LogP contribution is 2.40. The van der Waals surface area contributed by atoms with Gasteiger partial charge in [0.1, 0.15) is 17.6 Å². The number of carbonyl (C=O) groups is 1. The third-order valence-electron chi connectivity index (χ3n) is 5.55. The van der Waals surface area contributed by atoms with Gasteiger partial charge in [0.2, 0.25) is 5.95 Å². The van der Waals surface area contributed by atoms with Gasteiger partial charge in [-0.3, -0.25) is 4.79 Å². The Hall–Kier alpha value is -4.17. The van der Waals surface area contributed by atoms with Gasteiger partial charge in [-0.2, -0.15) is 4.98 Å². The molecule has 2 N–H and O–H groups in total. The maximum absolute atomic E-state index is 13.5. The first-order valence-electron chi connectivity index (χ1n) is 10.6. The molecule has 9 heteroatoms. The number of hydrogen-bond acceptors (Lipinski definition) is 6. The number of aromatic nitrogens is 4. The van der Waals surface area contributed by atoms with Gasteiger partial charge in [-0.1, -0.05) is 48.0 Å². The van der Waals surface area contributed by atoms with E-state index in [2.05, 4.69) is 20.6 Å². The number of nitrogens with one attached hydrogen (secondary N) is 2. The zero-order valence-electron chi connectivity index (χ0n) is 18.5. The van der Waals surface area contributed by atoms with Gasteiger partial charge in [-0.05, 0) is 37.3 Å². The van der Waals surface area contributed by atoms with E-state index in [0.717, 1.165) is 5.56 Å². The van der Waals surface area contributed by atoms with Crippen LogP contribution in [0, 0.1) is 0 Å². The van der Waals surface area contributed by atoms with Crippen molar-refractivity contribution in [3.8, 4) is 17.1 Å². The molecule has 4 aromatic rings. The Kier molecular flexibility index (Phi) is 5.73. The van der Waals surface area contributed by atoms with Crippen LogP contribution >= 0.6 is 11.6 Å². The molecule has 0 saturated heterocycles. The summed E-state index contributed by atoms with van der Waals surface area (Å²) in [5.74, 6) is 1.73. The fourth-order valence-corrected chi connectivity index (χ4v) is 4.22. The summed E-state index contributed by atoms with van der Waals surface area (Å²) >= 11 is 6.41. The second-order valence-corrected chi connectivity index (χ2v) is 8.07. The first-order valence-corrected chi connectivity index (χ1v) is 11.0. The van der Waals surface area contributed by atoms with Crippen LogP contribution in [0.25, 0.3) is 11.4 Å². The Morgan fingerprint density at radius 3 is 2.62 bits per heavy atom. The van der Waals surface area contributed by atoms with Crippen LogP contribution in [0.3, 0.4) is 0 Å². The number of carbonyl (C=O) groups excluding carboxylic acids is 1. The van der Waals surface area contributed by atoms with Gasteiger partial charge in [-0.15, -0.1) is 5.10 Å². The predicted molar refractivity (Wildman–Crippen MR) is 131 cm³/mol. The molecule has 170 valence electrons. The Labute approximate surface area is 201 Å². The van der Waals surface area contributed by atoms with E-state index in [4.69, 9.17) is 21.4 Å². The van der Waals surface area contributed by atoms with E-state index in [0.29, 0.717) is 45.2 Å². The van der Waals surface area contributed by atoms with Crippen molar-refractivity contribution in [2.45, 2.75) is 13.0 Å². The standard InChI is InChI=1S/C25H21ClN6O2/c1-15-21(24(33)29-20-13-7-8-14-27-20)22(17-10-4-6-12-19(17)34-2)32-25(28-15)30-23(31-32)16-9-3-5-11-18(16)26/h3-14,22H,1-2H3,(H,27,29,33)(H,28,30,31). The van der Waals surface area contributed by atoms with E-state index in [9.17, 15) is 4.79 Å². The normalized spacial score (nSPS) is 14.9. The number of anilines is 2. The number of fused-ring (bicyclic) bond motifs is 1. The molecule has 1 aliphatic rings. The molecule has 0 aliphatic carbocycles. The van der Waals surface area contributed by atoms with Crippen molar-refractivity contribution in [1.82, 2.24) is 19.7 Å². The summed E-state index contributed by atoms with van der Waals surface area (Å²) in [7, 11) is 1.60. The average Bonchev–Trinajstić information content (AvgIpc) is 3.27. The van der Waals surface area contributed by atoms with Crippen molar-refractivity contribution in [2.75, 3.05) is 17.7 Å². The van der Waals surface area contributed by atoms with Gasteiger partial charge < -0.3 is 15.4 Å². The lowest BCUT2D eigenvalue weighted by molar-refractivity contribution is -0.113. The molecule has 0 saturated carbocycles. The van der Waals surface area contributed by atoms with Gasteiger partial charge in [0.05, 0.1) is 17.7 Å². The third-order valence-corrected chi connectivity index (χ3v) is 5.88. The predicted octanol–water partition coefficient (Wildman–Crippen LogP) is 4.93. The molecule has 1 amide bonds. The number of allylic oxidation sites excluding steroid dienone is 1. The molecule has 0 bridgehead atoms. The molecule has 1 aliphatic heterocycles. The van der Waals surface area contributed by atoms with Crippen LogP contribution in [0.5, 0.6) is 5.75 Å². The van der Waals surface area contributed by atoms with Crippen molar-refractivity contribution < 1.29 is 9.53 Å². The lowest BCUT2D eigenvalue weighted by Gasteiger charge is -2.29. The molecule has 8 nitrogen and oxygen atoms in total. The molecule has 5 rings (SSSR count). The van der Waals surface area contributed by atoms with Gasteiger partial charge in [0.25, 0.3) is 5.91 Å². The summed E-state index contributed by atoms with van der Waals surface area (Å²) in [5.41, 5.74) is 2.59. The number of halogens is 1. The first kappa shape index (κ1) is 21.7. The van der Waals surface area contributed by atoms with Crippen LogP contribution in [0.4, 0.5) is 11.8 Å². The Balaban J connectivity index is 1.65. The Morgan fingerprint density at radius 1 is 1.09 bits per heavy atom. The smallest absolute Gasteiger partial charge is 0.257 e. The zero-order chi connectivity index (χ0) is 23.7. The van der Waals surface area contributed by atoms with E-state index in [1.807, 2.05) is 55.5 Å². The minimum absolute atomic E-state index is 0.306. The topological polar surface area (TPSA) is 94.0 Å². The van der Waals surface area contributed by atoms with Crippen LogP contribution in [0.2, 0.25) is 5.02 Å². The highest BCUT2D eigenvalue weighted by molar-refractivity contribution is 6.33. The second-order valence-electron chi connectivity index (χ2n) is 7.66. The Bertz CT molecular complexity index is 1400. The summed E-state index contributed by atoms with van der Waals surface area (Å²) in [6.07, 6.45) is 1.62. The molecule has 3 heterocycles. The van der Waals surface area contributed by atoms with Gasteiger partial charge in [0.15, 0.2) is 5.82 Å². The monoisotopic (exact) mass is 472 g/mol. The van der Waals surface area contributed by atoms with Gasteiger partial charge >= 0.3 is 0 Å². The zero-order valence-corrected chi connectivity index (χ0v) is 19.2. The number of hydrogen-bond donors (Lipinski definition) is 2. The highest BCUT2D eigenvalue weighted by atomic mass is 35.5. The number of amides is 1. The average molecular weight is 473 g/mol. The van der Waals surface area contributed by atoms with E-state index in [1.165, 1.54) is 0 Å². The van der Waals surface area contributed by atoms with Gasteiger partial charge in [0, 0.05) is 23.0 Å². The molecule has 1 atom stereocenters. The van der Waals surface area contributed by atoms with Gasteiger partial charge in [-0.25, -0.2) is 9.67 Å². The number of nitrogens with zero attached hydrogens (tertiary/aromatic N) is 4. The van der Waals surface area contributed by atoms with Crippen molar-refractivity contribution in [3.63, 3.8) is 0 Å². The number of ether oxygens (including phenoxy) is 1. The second kappa shape index (κ2) is 8.99. The summed E-state index contributed by atoms with van der Waals surface area (Å²) in [6.45, 7) is 1.84. The molecule has 2 aromatic carbocycles. The number of pyridine rings is 1. The molecular formula is C25H21ClN6O2. The number of rotatable bonds is 5. The highest BCUT2D eigenvalue weighted by Gasteiger charge is 2.36. The molecule has 0 spiro atoms. The quantitative estimate of drug-likeness (QED) is 0.427. The SMILES string of the molecule is COc1ccccc1C1C(C(=O)Nc2ccccn2)=C(C)Nc2nc(-c3ccccc3Cl)nn21. The molecule has 2 aromatic heterocycles. The lowest BCUT2D eigenvalue weighted by Crippen LogP contribution is -2.31. The van der Waals surface area contributed by atoms with E-state index < -0.39 is 6.04 Å². The fourth-order valence-electron chi connectivity index (χ4n) is 4.00. The molecular weight excluding hydrogens is 452 g/mol. The fraction of sp³-hybridized carbons (Fsp3) is 0.120. The lowest BCUT2D eigenvalue weighted by atomic mass is 9.94. The van der Waals surface area contributed by atoms with Crippen LogP contribution in [0.15, 0.2) is 84.2 Å². The third kappa shape index (κ3) is 3.88. The molecule has 1 unspecified atom stereocenters. The minimum atomic E-state index is -0.597. The van der Waals surface area contributed by atoms with E-state index in [-0.39, 0.29) is 5.91 Å². The maximum atomic E-state index is 13.5. The van der Waals surface area contributed by atoms with E-state index in [1.54, 1.807) is 36.2 Å². The van der Waals surface area contributed by atoms with E-state index >= 15 is 0 Å². The van der Waals surface area contributed by atoms with Crippen LogP contribution in [-0.2, 0) is 4.79 Å². The summed E-state index contributed by atoms with van der Waals surface area (Å²) in [6, 6.07) is 19.7. The summed E-state index contributed by atoms with van der Waals surface area (Å²) in [5, 5.41) is 11.4. The van der Waals surface area contributed by atoms with Crippen LogP contribution in [0.1, 0.15) is 18.5 Å². The van der Waals surface area contributed by atoms with Crippen molar-refractivity contribution in [2.24, 2.45) is 0 Å². The van der Waals surface area contributed by atoms with Crippen LogP contribution < -0.4 is 15.4 Å². The van der Waals surface area contributed by atoms with Crippen molar-refractivity contribution in [3.05, 3.63) is 94.8 Å². The number of methoxy groups -OCH3 is 1. The number of para-hydroxylation sites is 1. The largest absolute Gasteiger partial charge is 0.496 e. The van der Waals surface area contributed by atoms with Crippen molar-refractivity contribution >= 4 is 29.3 Å². The van der Waals surface area contributed by atoms with Crippen LogP contribution in [-0.4, -0.2) is 32.8 Å². The summed E-state index contributed by atoms with van der Waals surface area (Å²) in [4.78, 5) is 22.4. The Morgan fingerprint density at radius 2 is 1.85 bits per heavy atom. The minimum Gasteiger partial charge on any atom is -0.496 e. The number of benzene rings is 2. The first-order chi connectivity index (χ1) is 16.6. The summed E-state index contributed by atoms with van der Waals surface area (Å²) < 4.78 is 7.33. The molecule has 0 radical (unpaired) electrons. The molecule has 34 heavy (non-hydrogen) atoms. The maximum Gasteiger partial charge on any atom is 0.257 e.